The molecular formula is C16H16N2O3. The lowest BCUT2D eigenvalue weighted by Crippen LogP contribution is -2.38. The molecule has 0 saturated heterocycles. The number of likely N-dealkylation sites (N-methyl/N-ethyl adjacent to an activating group) is 1. The zero-order valence-electron chi connectivity index (χ0n) is 11.6. The van der Waals surface area contributed by atoms with Crippen molar-refractivity contribution in [2.45, 2.75) is 17.9 Å². The minimum Gasteiger partial charge on any atom is -0.480 e. The van der Waals surface area contributed by atoms with E-state index in [1.54, 1.807) is 25.5 Å². The Hall–Kier alpha value is -2.40. The highest BCUT2D eigenvalue weighted by molar-refractivity contribution is 5.85. The van der Waals surface area contributed by atoms with Gasteiger partial charge in [-0.05, 0) is 43.3 Å². The summed E-state index contributed by atoms with van der Waals surface area (Å²) in [4.78, 5) is 15.4. The average Bonchev–Trinajstić information content (AvgIpc) is 3.25. The summed E-state index contributed by atoms with van der Waals surface area (Å²) in [6, 6.07) is 11.2. The van der Waals surface area contributed by atoms with Crippen molar-refractivity contribution in [1.29, 1.82) is 0 Å². The summed E-state index contributed by atoms with van der Waals surface area (Å²) in [7, 11) is 1.68. The number of rotatable bonds is 5. The van der Waals surface area contributed by atoms with E-state index < -0.39 is 11.5 Å². The van der Waals surface area contributed by atoms with Gasteiger partial charge in [-0.15, -0.1) is 0 Å². The summed E-state index contributed by atoms with van der Waals surface area (Å²) in [5, 5.41) is 12.3. The average molecular weight is 284 g/mol. The maximum absolute atomic E-state index is 11.4. The quantitative estimate of drug-likeness (QED) is 0.882. The number of aliphatic carboxylic acids is 1. The standard InChI is InChI=1S/C16H16N2O3/c1-17-16(15(19)20)9-14(16)11-4-2-5-12(8-11)21-13-6-3-7-18-10-13/h2-8,10,14,17H,9H2,1H3,(H,19,20). The van der Waals surface area contributed by atoms with E-state index in [-0.39, 0.29) is 5.92 Å². The van der Waals surface area contributed by atoms with Crippen LogP contribution in [-0.2, 0) is 4.79 Å². The first kappa shape index (κ1) is 13.6. The molecule has 1 heterocycles. The molecule has 2 aromatic rings. The number of benzene rings is 1. The molecular weight excluding hydrogens is 268 g/mol. The van der Waals surface area contributed by atoms with Gasteiger partial charge in [0.25, 0.3) is 0 Å². The van der Waals surface area contributed by atoms with E-state index in [1.165, 1.54) is 0 Å². The SMILES string of the molecule is CNC1(C(=O)O)CC1c1cccc(Oc2cccnc2)c1. The van der Waals surface area contributed by atoms with Crippen molar-refractivity contribution in [2.75, 3.05) is 7.05 Å². The first-order valence-corrected chi connectivity index (χ1v) is 6.76. The molecule has 2 atom stereocenters. The number of pyridine rings is 1. The summed E-state index contributed by atoms with van der Waals surface area (Å²) in [6.07, 6.45) is 3.91. The lowest BCUT2D eigenvalue weighted by Gasteiger charge is -2.12. The Morgan fingerprint density at radius 3 is 2.81 bits per heavy atom. The van der Waals surface area contributed by atoms with Crippen LogP contribution in [0.2, 0.25) is 0 Å². The molecule has 0 aliphatic heterocycles. The Balaban J connectivity index is 1.80. The van der Waals surface area contributed by atoms with E-state index in [0.29, 0.717) is 17.9 Å². The highest BCUT2D eigenvalue weighted by Gasteiger charge is 2.60. The Kier molecular flexibility index (Phi) is 3.35. The molecule has 0 bridgehead atoms. The highest BCUT2D eigenvalue weighted by atomic mass is 16.5. The topological polar surface area (TPSA) is 71.5 Å². The van der Waals surface area contributed by atoms with Crippen molar-refractivity contribution >= 4 is 5.97 Å². The summed E-state index contributed by atoms with van der Waals surface area (Å²) in [5.74, 6) is 0.498. The van der Waals surface area contributed by atoms with Crippen LogP contribution in [0.4, 0.5) is 0 Å². The van der Waals surface area contributed by atoms with Gasteiger partial charge in [-0.3, -0.25) is 9.78 Å². The van der Waals surface area contributed by atoms with Gasteiger partial charge in [-0.1, -0.05) is 12.1 Å². The molecule has 21 heavy (non-hydrogen) atoms. The van der Waals surface area contributed by atoms with Gasteiger partial charge >= 0.3 is 5.97 Å². The fraction of sp³-hybridized carbons (Fsp3) is 0.250. The molecule has 1 aliphatic rings. The Morgan fingerprint density at radius 2 is 2.19 bits per heavy atom. The third kappa shape index (κ3) is 2.48. The van der Waals surface area contributed by atoms with Crippen molar-refractivity contribution < 1.29 is 14.6 Å². The van der Waals surface area contributed by atoms with Crippen molar-refractivity contribution in [1.82, 2.24) is 10.3 Å². The molecule has 1 aromatic heterocycles. The number of aromatic nitrogens is 1. The zero-order valence-corrected chi connectivity index (χ0v) is 11.6. The third-order valence-electron chi connectivity index (χ3n) is 3.92. The predicted octanol–water partition coefficient (Wildman–Crippen LogP) is 2.40. The van der Waals surface area contributed by atoms with Crippen LogP contribution in [-0.4, -0.2) is 28.6 Å². The Labute approximate surface area is 122 Å². The van der Waals surface area contributed by atoms with E-state index in [4.69, 9.17) is 4.74 Å². The molecule has 1 aromatic carbocycles. The molecule has 1 saturated carbocycles. The number of nitrogens with zero attached hydrogens (tertiary/aromatic N) is 1. The number of carbonyl (C=O) groups is 1. The molecule has 0 spiro atoms. The van der Waals surface area contributed by atoms with Crippen LogP contribution in [0, 0.1) is 0 Å². The first-order chi connectivity index (χ1) is 10.2. The molecule has 2 unspecified atom stereocenters. The summed E-state index contributed by atoms with van der Waals surface area (Å²) in [6.45, 7) is 0. The number of carboxylic acids is 1. The smallest absolute Gasteiger partial charge is 0.324 e. The van der Waals surface area contributed by atoms with E-state index in [9.17, 15) is 9.90 Å². The van der Waals surface area contributed by atoms with E-state index >= 15 is 0 Å². The number of carboxylic acid groups (broad SMARTS) is 1. The molecule has 2 N–H and O–H groups in total. The molecule has 108 valence electrons. The maximum Gasteiger partial charge on any atom is 0.324 e. The molecule has 1 aliphatic carbocycles. The fourth-order valence-electron chi connectivity index (χ4n) is 2.62. The van der Waals surface area contributed by atoms with Crippen LogP contribution in [0.5, 0.6) is 11.5 Å². The Bertz CT molecular complexity index is 660. The van der Waals surface area contributed by atoms with Crippen molar-refractivity contribution in [3.05, 3.63) is 54.4 Å². The second-order valence-corrected chi connectivity index (χ2v) is 5.15. The normalized spacial score (nSPS) is 23.6. The number of nitrogens with one attached hydrogen (secondary N) is 1. The maximum atomic E-state index is 11.4. The minimum absolute atomic E-state index is 0.0301. The van der Waals surface area contributed by atoms with Crippen molar-refractivity contribution in [3.63, 3.8) is 0 Å². The van der Waals surface area contributed by atoms with Crippen LogP contribution >= 0.6 is 0 Å². The van der Waals surface area contributed by atoms with Gasteiger partial charge in [0.05, 0.1) is 6.20 Å². The van der Waals surface area contributed by atoms with Gasteiger partial charge in [0.1, 0.15) is 17.0 Å². The largest absolute Gasteiger partial charge is 0.480 e. The fourth-order valence-corrected chi connectivity index (χ4v) is 2.62. The third-order valence-corrected chi connectivity index (χ3v) is 3.92. The molecule has 0 radical (unpaired) electrons. The number of ether oxygens (including phenoxy) is 1. The van der Waals surface area contributed by atoms with Crippen LogP contribution in [0.3, 0.4) is 0 Å². The van der Waals surface area contributed by atoms with E-state index in [2.05, 4.69) is 10.3 Å². The highest BCUT2D eigenvalue weighted by Crippen LogP contribution is 2.51. The monoisotopic (exact) mass is 284 g/mol. The van der Waals surface area contributed by atoms with Gasteiger partial charge < -0.3 is 15.2 Å². The van der Waals surface area contributed by atoms with E-state index in [0.717, 1.165) is 5.56 Å². The van der Waals surface area contributed by atoms with Crippen LogP contribution in [0.15, 0.2) is 48.8 Å². The molecule has 5 heteroatoms. The summed E-state index contributed by atoms with van der Waals surface area (Å²) >= 11 is 0. The zero-order chi connectivity index (χ0) is 14.9. The first-order valence-electron chi connectivity index (χ1n) is 6.76. The lowest BCUT2D eigenvalue weighted by atomic mass is 10.1. The molecule has 3 rings (SSSR count). The molecule has 1 fully saturated rings. The number of hydrogen-bond acceptors (Lipinski definition) is 4. The predicted molar refractivity (Wildman–Crippen MR) is 77.5 cm³/mol. The van der Waals surface area contributed by atoms with Gasteiger partial charge in [0, 0.05) is 12.1 Å². The van der Waals surface area contributed by atoms with Gasteiger partial charge in [0.2, 0.25) is 0 Å². The van der Waals surface area contributed by atoms with Crippen molar-refractivity contribution in [2.24, 2.45) is 0 Å². The molecule has 5 nitrogen and oxygen atoms in total. The number of hydrogen-bond donors (Lipinski definition) is 2. The van der Waals surface area contributed by atoms with Gasteiger partial charge in [-0.2, -0.15) is 0 Å². The van der Waals surface area contributed by atoms with E-state index in [1.807, 2.05) is 30.3 Å². The van der Waals surface area contributed by atoms with Gasteiger partial charge in [-0.25, -0.2) is 0 Å². The van der Waals surface area contributed by atoms with Crippen molar-refractivity contribution in [3.8, 4) is 11.5 Å². The second kappa shape index (κ2) is 5.18. The second-order valence-electron chi connectivity index (χ2n) is 5.15. The Morgan fingerprint density at radius 1 is 1.38 bits per heavy atom. The summed E-state index contributed by atoms with van der Waals surface area (Å²) < 4.78 is 5.73. The van der Waals surface area contributed by atoms with Gasteiger partial charge in [0.15, 0.2) is 0 Å². The molecule has 0 amide bonds. The van der Waals surface area contributed by atoms with Crippen LogP contribution in [0.1, 0.15) is 17.9 Å². The summed E-state index contributed by atoms with van der Waals surface area (Å²) in [5.41, 5.74) is 0.126. The van der Waals surface area contributed by atoms with Crippen LogP contribution in [0.25, 0.3) is 0 Å². The lowest BCUT2D eigenvalue weighted by molar-refractivity contribution is -0.140. The minimum atomic E-state index is -0.840. The van der Waals surface area contributed by atoms with Crippen LogP contribution < -0.4 is 10.1 Å².